The highest BCUT2D eigenvalue weighted by Crippen LogP contribution is 2.34. The van der Waals surface area contributed by atoms with E-state index in [4.69, 9.17) is 20.4 Å². The van der Waals surface area contributed by atoms with Crippen LogP contribution in [0.3, 0.4) is 0 Å². The highest BCUT2D eigenvalue weighted by Gasteiger charge is 2.19. The summed E-state index contributed by atoms with van der Waals surface area (Å²) in [4.78, 5) is 23.5. The van der Waals surface area contributed by atoms with E-state index in [-0.39, 0.29) is 32.2 Å². The van der Waals surface area contributed by atoms with Crippen molar-refractivity contribution in [2.45, 2.75) is 24.9 Å². The van der Waals surface area contributed by atoms with Crippen molar-refractivity contribution in [3.05, 3.63) is 30.5 Å². The van der Waals surface area contributed by atoms with Gasteiger partial charge in [-0.1, -0.05) is 12.1 Å². The molecule has 0 aliphatic heterocycles. The number of hydrogen-bond donors (Lipinski definition) is 7. The molecule has 11 N–H and O–H groups in total. The van der Waals surface area contributed by atoms with Crippen LogP contribution in [-0.4, -0.2) is 62.9 Å². The van der Waals surface area contributed by atoms with E-state index in [1.165, 1.54) is 6.20 Å². The Hall–Kier alpha value is -1.53. The van der Waals surface area contributed by atoms with Crippen molar-refractivity contribution in [2.75, 3.05) is 26.4 Å². The molecule has 0 radical (unpaired) electrons. The quantitative estimate of drug-likeness (QED) is 0.228. The Kier molecular flexibility index (Phi) is 10.8. The third-order valence-corrected chi connectivity index (χ3v) is 3.71. The predicted octanol–water partition coefficient (Wildman–Crippen LogP) is -3.68. The SMILES string of the molecule is CC([NH3+])(CO)CO.CC([NH3+])(CO)CO.O=P([O-])([O-])Oc1c[nH]c2ccccc12. The molecule has 1 aromatic carbocycles. The van der Waals surface area contributed by atoms with E-state index in [1.54, 1.807) is 38.1 Å². The summed E-state index contributed by atoms with van der Waals surface area (Å²) in [7, 11) is -4.98. The monoisotopic (exact) mass is 423 g/mol. The van der Waals surface area contributed by atoms with Gasteiger partial charge in [0.1, 0.15) is 24.7 Å². The lowest BCUT2D eigenvalue weighted by atomic mass is 10.1. The molecule has 0 unspecified atom stereocenters. The van der Waals surface area contributed by atoms with Gasteiger partial charge >= 0.3 is 0 Å². The number of rotatable bonds is 6. The van der Waals surface area contributed by atoms with Gasteiger partial charge in [-0.15, -0.1) is 0 Å². The molecular weight excluding hydrogens is 393 g/mol. The highest BCUT2D eigenvalue weighted by atomic mass is 31.2. The molecule has 12 heteroatoms. The fourth-order valence-electron chi connectivity index (χ4n) is 1.34. The Morgan fingerprint density at radius 1 is 1.00 bits per heavy atom. The number of H-pyrrole nitrogens is 1. The van der Waals surface area contributed by atoms with Crippen molar-refractivity contribution in [3.63, 3.8) is 0 Å². The Morgan fingerprint density at radius 2 is 1.43 bits per heavy atom. The lowest BCUT2D eigenvalue weighted by Crippen LogP contribution is -2.74. The van der Waals surface area contributed by atoms with Gasteiger partial charge in [0.25, 0.3) is 0 Å². The van der Waals surface area contributed by atoms with E-state index >= 15 is 0 Å². The first-order valence-corrected chi connectivity index (χ1v) is 9.69. The zero-order valence-electron chi connectivity index (χ0n) is 16.0. The van der Waals surface area contributed by atoms with Crippen LogP contribution in [0.25, 0.3) is 10.9 Å². The summed E-state index contributed by atoms with van der Waals surface area (Å²) < 4.78 is 14.6. The molecule has 1 aromatic heterocycles. The van der Waals surface area contributed by atoms with Crippen LogP contribution in [0.2, 0.25) is 0 Å². The maximum atomic E-state index is 10.4. The molecule has 0 aliphatic carbocycles. The van der Waals surface area contributed by atoms with Gasteiger partial charge in [-0.05, 0) is 26.0 Å². The smallest absolute Gasteiger partial charge is 0.149 e. The normalized spacial score (nSPS) is 11.9. The Bertz CT molecular complexity index is 716. The fraction of sp³-hybridized carbons (Fsp3) is 0.500. The fourth-order valence-corrected chi connectivity index (χ4v) is 1.73. The number of phosphoric ester groups is 1. The molecule has 2 aromatic rings. The number of para-hydroxylation sites is 1. The average molecular weight is 423 g/mol. The highest BCUT2D eigenvalue weighted by molar-refractivity contribution is 7.43. The van der Waals surface area contributed by atoms with Crippen LogP contribution in [0.5, 0.6) is 5.75 Å². The Balaban J connectivity index is 0.000000444. The largest absolute Gasteiger partial charge is 0.780 e. The number of aliphatic hydroxyl groups is 4. The van der Waals surface area contributed by atoms with E-state index in [0.717, 1.165) is 5.52 Å². The molecule has 28 heavy (non-hydrogen) atoms. The summed E-state index contributed by atoms with van der Waals surface area (Å²) in [5, 5.41) is 34.1. The summed E-state index contributed by atoms with van der Waals surface area (Å²) in [6, 6.07) is 6.93. The standard InChI is InChI=1S/C8H8NO4P.2C4H11NO2/c10-14(11,12)13-8-5-9-7-4-2-1-3-6(7)8;2*1-4(5,2-6)3-7/h1-5,9H,(H2,10,11,12);2*6-7H,2-3,5H2,1H3. The van der Waals surface area contributed by atoms with Crippen LogP contribution in [0, 0.1) is 0 Å². The van der Waals surface area contributed by atoms with Crippen LogP contribution >= 0.6 is 7.82 Å². The molecule has 0 atom stereocenters. The zero-order chi connectivity index (χ0) is 22.0. The van der Waals surface area contributed by atoms with Crippen molar-refractivity contribution in [3.8, 4) is 5.75 Å². The van der Waals surface area contributed by atoms with Gasteiger partial charge in [-0.25, -0.2) is 0 Å². The molecule has 11 nitrogen and oxygen atoms in total. The van der Waals surface area contributed by atoms with E-state index in [2.05, 4.69) is 21.0 Å². The second-order valence-corrected chi connectivity index (χ2v) is 8.07. The van der Waals surface area contributed by atoms with E-state index in [1.807, 2.05) is 0 Å². The molecule has 0 spiro atoms. The molecule has 0 aliphatic rings. The van der Waals surface area contributed by atoms with Crippen LogP contribution in [-0.2, 0) is 4.57 Å². The molecule has 0 saturated carbocycles. The molecule has 0 saturated heterocycles. The lowest BCUT2D eigenvalue weighted by Gasteiger charge is -2.28. The maximum absolute atomic E-state index is 10.4. The summed E-state index contributed by atoms with van der Waals surface area (Å²) in [6.45, 7) is 3.11. The van der Waals surface area contributed by atoms with Crippen molar-refractivity contribution in [1.29, 1.82) is 0 Å². The molecule has 2 rings (SSSR count). The van der Waals surface area contributed by atoms with Crippen LogP contribution < -0.4 is 25.8 Å². The van der Waals surface area contributed by atoms with Crippen LogP contribution in [0.4, 0.5) is 0 Å². The van der Waals surface area contributed by atoms with Crippen LogP contribution in [0.15, 0.2) is 30.5 Å². The molecule has 162 valence electrons. The number of phosphoric acid groups is 1. The van der Waals surface area contributed by atoms with Crippen molar-refractivity contribution in [2.24, 2.45) is 0 Å². The van der Waals surface area contributed by atoms with Gasteiger partial charge in [-0.2, -0.15) is 0 Å². The number of nitrogens with one attached hydrogen (secondary N) is 1. The number of fused-ring (bicyclic) bond motifs is 1. The van der Waals surface area contributed by atoms with Crippen molar-refractivity contribution in [1.82, 2.24) is 4.98 Å². The number of aromatic nitrogens is 1. The molecule has 1 heterocycles. The first kappa shape index (κ1) is 26.5. The topological polar surface area (TPSA) is 224 Å². The van der Waals surface area contributed by atoms with E-state index < -0.39 is 18.9 Å². The Labute approximate surface area is 162 Å². The van der Waals surface area contributed by atoms with Gasteiger partial charge in [0.15, 0.2) is 0 Å². The molecule has 0 bridgehead atoms. The molecular formula is C16H30N3O8P. The second kappa shape index (κ2) is 11.5. The first-order valence-electron chi connectivity index (χ1n) is 8.23. The number of aromatic amines is 1. The Morgan fingerprint density at radius 3 is 1.79 bits per heavy atom. The minimum Gasteiger partial charge on any atom is -0.780 e. The van der Waals surface area contributed by atoms with Gasteiger partial charge in [-0.3, -0.25) is 0 Å². The predicted molar refractivity (Wildman–Crippen MR) is 97.5 cm³/mol. The minimum atomic E-state index is -4.98. The molecule has 0 amide bonds. The first-order chi connectivity index (χ1) is 12.8. The number of quaternary nitrogens is 2. The third kappa shape index (κ3) is 10.7. The number of hydrogen-bond acceptors (Lipinski definition) is 8. The summed E-state index contributed by atoms with van der Waals surface area (Å²) in [5.41, 5.74) is 6.62. The molecule has 0 fully saturated rings. The second-order valence-electron chi connectivity index (χ2n) is 6.99. The number of benzene rings is 1. The zero-order valence-corrected chi connectivity index (χ0v) is 16.9. The summed E-state index contributed by atoms with van der Waals surface area (Å²) in [6.07, 6.45) is 1.34. The summed E-state index contributed by atoms with van der Waals surface area (Å²) >= 11 is 0. The van der Waals surface area contributed by atoms with E-state index in [0.29, 0.717) is 5.39 Å². The van der Waals surface area contributed by atoms with Gasteiger partial charge in [0, 0.05) is 17.1 Å². The van der Waals surface area contributed by atoms with Gasteiger partial charge < -0.3 is 55.8 Å². The van der Waals surface area contributed by atoms with Crippen molar-refractivity contribution < 1.29 is 50.8 Å². The summed E-state index contributed by atoms with van der Waals surface area (Å²) in [5.74, 6) is 0.0360. The minimum absolute atomic E-state index is 0.0360. The van der Waals surface area contributed by atoms with Crippen LogP contribution in [0.1, 0.15) is 13.8 Å². The lowest BCUT2D eigenvalue weighted by molar-refractivity contribution is -0.483. The van der Waals surface area contributed by atoms with Crippen molar-refractivity contribution >= 4 is 18.7 Å². The van der Waals surface area contributed by atoms with Gasteiger partial charge in [0.2, 0.25) is 0 Å². The average Bonchev–Trinajstić information content (AvgIpc) is 3.04. The van der Waals surface area contributed by atoms with Gasteiger partial charge in [0.05, 0.1) is 26.4 Å². The number of aliphatic hydroxyl groups excluding tert-OH is 4. The van der Waals surface area contributed by atoms with E-state index in [9.17, 15) is 14.4 Å². The maximum Gasteiger partial charge on any atom is 0.149 e. The third-order valence-electron chi connectivity index (χ3n) is 3.29.